The van der Waals surface area contributed by atoms with E-state index in [0.29, 0.717) is 0 Å². The fraction of sp³-hybridized carbons (Fsp3) is 0.0182. The number of rotatable bonds is 6. The van der Waals surface area contributed by atoms with Crippen LogP contribution in [0.2, 0.25) is 0 Å². The number of para-hydroxylation sites is 2. The van der Waals surface area contributed by atoms with Crippen LogP contribution >= 0.6 is 0 Å². The van der Waals surface area contributed by atoms with Gasteiger partial charge in [0.15, 0.2) is 0 Å². The molecule has 11 aromatic rings. The molecule has 0 fully saturated rings. The normalized spacial score (nSPS) is 10.9. The monoisotopic (exact) mass is 948 g/mol. The van der Waals surface area contributed by atoms with E-state index in [4.69, 9.17) is 9.40 Å². The van der Waals surface area contributed by atoms with Gasteiger partial charge in [-0.1, -0.05) is 157 Å². The molecule has 0 atom stereocenters. The maximum Gasteiger partial charge on any atom is 0.0774 e. The van der Waals surface area contributed by atoms with Crippen molar-refractivity contribution in [2.24, 2.45) is 0 Å². The molecule has 0 amide bonds. The zero-order chi connectivity index (χ0) is 39.5. The van der Waals surface area contributed by atoms with Gasteiger partial charge >= 0.3 is 0 Å². The first kappa shape index (κ1) is 38.4. The van der Waals surface area contributed by atoms with E-state index in [1.54, 1.807) is 6.20 Å². The van der Waals surface area contributed by atoms with Crippen LogP contribution in [-0.4, -0.2) is 14.5 Å². The Morgan fingerprint density at radius 3 is 1.97 bits per heavy atom. The van der Waals surface area contributed by atoms with Gasteiger partial charge in [0.1, 0.15) is 0 Å². The Balaban J connectivity index is 0.000000306. The Labute approximate surface area is 362 Å². The topological polar surface area (TPSA) is 43.9 Å². The molecule has 0 N–H and O–H groups in total. The van der Waals surface area contributed by atoms with E-state index in [1.165, 1.54) is 21.9 Å². The minimum absolute atomic E-state index is 0. The molecule has 0 spiro atoms. The largest absolute Gasteiger partial charge is 0.557 e. The molecule has 0 bridgehead atoms. The van der Waals surface area contributed by atoms with E-state index in [9.17, 15) is 0 Å². The molecule has 4 nitrogen and oxygen atoms in total. The minimum Gasteiger partial charge on any atom is -0.557 e. The summed E-state index contributed by atoms with van der Waals surface area (Å²) in [6.07, 6.45) is 5.08. The maximum absolute atomic E-state index is 6.14. The molecule has 8 aromatic carbocycles. The number of aromatic nitrogens is 3. The molecule has 60 heavy (non-hydrogen) atoms. The van der Waals surface area contributed by atoms with Gasteiger partial charge in [-0.25, -0.2) is 0 Å². The van der Waals surface area contributed by atoms with Crippen LogP contribution in [0.4, 0.5) is 0 Å². The van der Waals surface area contributed by atoms with Crippen molar-refractivity contribution in [1.82, 2.24) is 14.5 Å². The summed E-state index contributed by atoms with van der Waals surface area (Å²) in [4.78, 5) is 9.52. The molecular weight excluding hydrogens is 911 g/mol. The average Bonchev–Trinajstić information content (AvgIpc) is 3.91. The van der Waals surface area contributed by atoms with E-state index < -0.39 is 0 Å². The third kappa shape index (κ3) is 7.37. The molecular formula is C55H37IrN3O-2. The van der Waals surface area contributed by atoms with Crippen molar-refractivity contribution in [3.8, 4) is 61.7 Å². The number of imidazole rings is 1. The number of benzene rings is 8. The zero-order valence-corrected chi connectivity index (χ0v) is 35.1. The molecule has 0 saturated heterocycles. The van der Waals surface area contributed by atoms with Gasteiger partial charge < -0.3 is 14.0 Å². The first-order chi connectivity index (χ1) is 29.2. The van der Waals surface area contributed by atoms with Crippen LogP contribution in [0.15, 0.2) is 211 Å². The van der Waals surface area contributed by atoms with Crippen molar-refractivity contribution in [2.45, 2.75) is 6.92 Å². The predicted molar refractivity (Wildman–Crippen MR) is 242 cm³/mol. The second-order valence-corrected chi connectivity index (χ2v) is 14.5. The minimum atomic E-state index is 0. The van der Waals surface area contributed by atoms with Gasteiger partial charge in [0.2, 0.25) is 0 Å². The van der Waals surface area contributed by atoms with Crippen LogP contribution in [0.1, 0.15) is 5.56 Å². The summed E-state index contributed by atoms with van der Waals surface area (Å²) in [6.45, 7) is 2.17. The molecule has 1 radical (unpaired) electrons. The van der Waals surface area contributed by atoms with Gasteiger partial charge in [-0.3, -0.25) is 4.98 Å². The molecule has 289 valence electrons. The van der Waals surface area contributed by atoms with Crippen LogP contribution < -0.4 is 0 Å². The number of furan rings is 1. The van der Waals surface area contributed by atoms with Gasteiger partial charge in [-0.05, 0) is 81.5 Å². The van der Waals surface area contributed by atoms with Crippen LogP contribution in [0.5, 0.6) is 0 Å². The number of fused-ring (bicyclic) bond motifs is 3. The Morgan fingerprint density at radius 2 is 1.23 bits per heavy atom. The van der Waals surface area contributed by atoms with Crippen molar-refractivity contribution < 1.29 is 24.5 Å². The predicted octanol–water partition coefficient (Wildman–Crippen LogP) is 14.2. The molecule has 5 heteroatoms. The van der Waals surface area contributed by atoms with Gasteiger partial charge in [-0.2, -0.15) is 0 Å². The third-order valence-corrected chi connectivity index (χ3v) is 10.7. The van der Waals surface area contributed by atoms with E-state index in [2.05, 4.69) is 180 Å². The number of hydrogen-bond donors (Lipinski definition) is 0. The molecule has 0 aliphatic heterocycles. The average molecular weight is 948 g/mol. The summed E-state index contributed by atoms with van der Waals surface area (Å²) in [5.74, 6) is 0.790. The molecule has 3 aromatic heterocycles. The second-order valence-electron chi connectivity index (χ2n) is 14.5. The van der Waals surface area contributed by atoms with Crippen LogP contribution in [0, 0.1) is 19.3 Å². The third-order valence-electron chi connectivity index (χ3n) is 10.7. The van der Waals surface area contributed by atoms with Crippen molar-refractivity contribution in [3.05, 3.63) is 224 Å². The summed E-state index contributed by atoms with van der Waals surface area (Å²) < 4.78 is 8.45. The second kappa shape index (κ2) is 17.0. The van der Waals surface area contributed by atoms with Crippen molar-refractivity contribution in [1.29, 1.82) is 0 Å². The fourth-order valence-electron chi connectivity index (χ4n) is 7.98. The van der Waals surface area contributed by atoms with Crippen molar-refractivity contribution in [2.75, 3.05) is 0 Å². The van der Waals surface area contributed by atoms with Crippen molar-refractivity contribution in [3.63, 3.8) is 0 Å². The SMILES string of the molecule is Cc1cc(-c2ccccc2)c(-n2c(-c3[c-]oc4ccc(-c5cccc6ccccc56)cc34)nc3ccccc32)c(-c2ccccc2)c1.[Ir].[c-]1ccccc1-c1ccccn1. The number of aryl methyl sites for hydroxylation is 1. The van der Waals surface area contributed by atoms with E-state index in [-0.39, 0.29) is 20.1 Å². The summed E-state index contributed by atoms with van der Waals surface area (Å²) >= 11 is 0. The summed E-state index contributed by atoms with van der Waals surface area (Å²) in [6, 6.07) is 72.4. The summed E-state index contributed by atoms with van der Waals surface area (Å²) in [7, 11) is 0. The first-order valence-electron chi connectivity index (χ1n) is 19.7. The van der Waals surface area contributed by atoms with Gasteiger partial charge in [0.25, 0.3) is 0 Å². The van der Waals surface area contributed by atoms with Crippen LogP contribution in [0.3, 0.4) is 0 Å². The maximum atomic E-state index is 6.14. The van der Waals surface area contributed by atoms with Gasteiger partial charge in [-0.15, -0.1) is 35.9 Å². The number of pyridine rings is 1. The molecule has 3 heterocycles. The number of nitrogens with zero attached hydrogens (tertiary/aromatic N) is 3. The molecule has 0 saturated carbocycles. The Hall–Kier alpha value is -7.17. The molecule has 0 unspecified atom stereocenters. The molecule has 0 aliphatic carbocycles. The Bertz CT molecular complexity index is 3110. The summed E-state index contributed by atoms with van der Waals surface area (Å²) in [5.41, 5.74) is 14.7. The smallest absolute Gasteiger partial charge is 0.0774 e. The fourth-order valence-corrected chi connectivity index (χ4v) is 7.98. The summed E-state index contributed by atoms with van der Waals surface area (Å²) in [5, 5.41) is 3.41. The molecule has 0 aliphatic rings. The Kier molecular flexibility index (Phi) is 10.8. The van der Waals surface area contributed by atoms with E-state index in [1.807, 2.05) is 48.5 Å². The first-order valence-corrected chi connectivity index (χ1v) is 19.7. The quantitative estimate of drug-likeness (QED) is 0.156. The van der Waals surface area contributed by atoms with Gasteiger partial charge in [0, 0.05) is 49.3 Å². The Morgan fingerprint density at radius 1 is 0.550 bits per heavy atom. The zero-order valence-electron chi connectivity index (χ0n) is 32.7. The van der Waals surface area contributed by atoms with Crippen LogP contribution in [-0.2, 0) is 20.1 Å². The van der Waals surface area contributed by atoms with Crippen LogP contribution in [0.25, 0.3) is 94.5 Å². The molecule has 11 rings (SSSR count). The van der Waals surface area contributed by atoms with E-state index in [0.717, 1.165) is 78.2 Å². The standard InChI is InChI=1S/C44H29N2O.C11H8N.Ir/c1-29-25-36(31-13-4-2-5-14-31)43(37(26-29)32-15-6-3-7-16-32)46-41-22-11-10-21-40(41)45-44(46)39-28-47-42-24-23-33(27-38(39)42)35-20-12-18-30-17-8-9-19-34(30)35;1-2-6-10(7-3-1)11-8-4-5-9-12-11;/h2-27H,1H3;1-6,8-9H;/q2*-1;. The number of hydrogen-bond acceptors (Lipinski definition) is 3. The van der Waals surface area contributed by atoms with Crippen molar-refractivity contribution >= 4 is 32.8 Å². The van der Waals surface area contributed by atoms with E-state index >= 15 is 0 Å². The van der Waals surface area contributed by atoms with Gasteiger partial charge in [0.05, 0.1) is 22.5 Å².